The maximum atomic E-state index is 12.0. The molecule has 1 aromatic carbocycles. The molecular formula is C14H11ClN2O3. The number of aromatic carboxylic acids is 1. The SMILES string of the molecule is Cc1cc(C(=O)O)ccc1NC(=O)c1cccc(Cl)n1. The third-order valence-corrected chi connectivity index (χ3v) is 2.88. The number of carboxylic acids is 1. The Morgan fingerprint density at radius 2 is 2.00 bits per heavy atom. The van der Waals surface area contributed by atoms with Crippen molar-refractivity contribution in [2.45, 2.75) is 6.92 Å². The zero-order chi connectivity index (χ0) is 14.7. The number of aromatic nitrogens is 1. The van der Waals surface area contributed by atoms with E-state index >= 15 is 0 Å². The van der Waals surface area contributed by atoms with Gasteiger partial charge in [0.2, 0.25) is 0 Å². The summed E-state index contributed by atoms with van der Waals surface area (Å²) in [5.41, 5.74) is 1.54. The van der Waals surface area contributed by atoms with E-state index in [0.29, 0.717) is 11.3 Å². The van der Waals surface area contributed by atoms with Gasteiger partial charge in [0, 0.05) is 5.69 Å². The Bertz CT molecular complexity index is 686. The van der Waals surface area contributed by atoms with Gasteiger partial charge in [-0.05, 0) is 42.8 Å². The molecule has 2 rings (SSSR count). The molecule has 0 spiro atoms. The van der Waals surface area contributed by atoms with Crippen molar-refractivity contribution >= 4 is 29.2 Å². The summed E-state index contributed by atoms with van der Waals surface area (Å²) < 4.78 is 0. The van der Waals surface area contributed by atoms with Crippen molar-refractivity contribution in [1.29, 1.82) is 0 Å². The Morgan fingerprint density at radius 3 is 2.60 bits per heavy atom. The number of carboxylic acid groups (broad SMARTS) is 1. The van der Waals surface area contributed by atoms with E-state index in [1.54, 1.807) is 31.2 Å². The van der Waals surface area contributed by atoms with E-state index in [4.69, 9.17) is 16.7 Å². The molecule has 0 fully saturated rings. The van der Waals surface area contributed by atoms with Gasteiger partial charge >= 0.3 is 5.97 Å². The Kier molecular flexibility index (Phi) is 4.00. The molecule has 0 atom stereocenters. The third kappa shape index (κ3) is 3.13. The van der Waals surface area contributed by atoms with Crippen molar-refractivity contribution in [1.82, 2.24) is 4.98 Å². The summed E-state index contributed by atoms with van der Waals surface area (Å²) in [6.07, 6.45) is 0. The van der Waals surface area contributed by atoms with Gasteiger partial charge in [0.25, 0.3) is 5.91 Å². The maximum absolute atomic E-state index is 12.0. The normalized spacial score (nSPS) is 10.1. The number of hydrogen-bond acceptors (Lipinski definition) is 3. The first-order chi connectivity index (χ1) is 9.47. The number of carbonyl (C=O) groups is 2. The van der Waals surface area contributed by atoms with Crippen molar-refractivity contribution in [3.63, 3.8) is 0 Å². The van der Waals surface area contributed by atoms with Gasteiger partial charge in [0.1, 0.15) is 10.8 Å². The van der Waals surface area contributed by atoms with E-state index in [0.717, 1.165) is 0 Å². The van der Waals surface area contributed by atoms with Crippen molar-refractivity contribution in [2.75, 3.05) is 5.32 Å². The van der Waals surface area contributed by atoms with Gasteiger partial charge in [-0.15, -0.1) is 0 Å². The van der Waals surface area contributed by atoms with Crippen molar-refractivity contribution in [2.24, 2.45) is 0 Å². The van der Waals surface area contributed by atoms with Crippen LogP contribution in [-0.2, 0) is 0 Å². The van der Waals surface area contributed by atoms with Crippen LogP contribution in [0.15, 0.2) is 36.4 Å². The molecule has 1 aromatic heterocycles. The predicted octanol–water partition coefficient (Wildman–Crippen LogP) is 2.99. The Labute approximate surface area is 120 Å². The molecule has 5 nitrogen and oxygen atoms in total. The number of hydrogen-bond donors (Lipinski definition) is 2. The van der Waals surface area contributed by atoms with Gasteiger partial charge in [-0.2, -0.15) is 0 Å². The number of pyridine rings is 1. The smallest absolute Gasteiger partial charge is 0.335 e. The zero-order valence-corrected chi connectivity index (χ0v) is 11.3. The lowest BCUT2D eigenvalue weighted by atomic mass is 10.1. The monoisotopic (exact) mass is 290 g/mol. The Morgan fingerprint density at radius 1 is 1.25 bits per heavy atom. The van der Waals surface area contributed by atoms with Crippen molar-refractivity contribution in [3.05, 3.63) is 58.4 Å². The number of anilines is 1. The molecule has 1 amide bonds. The van der Waals surface area contributed by atoms with Crippen LogP contribution in [0.4, 0.5) is 5.69 Å². The first kappa shape index (κ1) is 14.0. The molecule has 0 aliphatic heterocycles. The second-order valence-electron chi connectivity index (χ2n) is 4.13. The minimum atomic E-state index is -1.01. The van der Waals surface area contributed by atoms with E-state index < -0.39 is 11.9 Å². The quantitative estimate of drug-likeness (QED) is 0.852. The summed E-state index contributed by atoms with van der Waals surface area (Å²) in [6.45, 7) is 1.72. The van der Waals surface area contributed by atoms with E-state index in [2.05, 4.69) is 10.3 Å². The molecule has 2 aromatic rings. The molecule has 0 radical (unpaired) electrons. The molecule has 0 aliphatic rings. The molecule has 1 heterocycles. The highest BCUT2D eigenvalue weighted by Gasteiger charge is 2.11. The number of carbonyl (C=O) groups excluding carboxylic acids is 1. The van der Waals surface area contributed by atoms with Gasteiger partial charge in [0.15, 0.2) is 0 Å². The number of nitrogens with one attached hydrogen (secondary N) is 1. The summed E-state index contributed by atoms with van der Waals surface area (Å²) >= 11 is 5.72. The van der Waals surface area contributed by atoms with Crippen molar-refractivity contribution < 1.29 is 14.7 Å². The molecule has 2 N–H and O–H groups in total. The molecule has 0 unspecified atom stereocenters. The number of halogens is 1. The predicted molar refractivity (Wildman–Crippen MR) is 75.3 cm³/mol. The average Bonchev–Trinajstić information content (AvgIpc) is 2.40. The van der Waals surface area contributed by atoms with Crippen molar-refractivity contribution in [3.8, 4) is 0 Å². The van der Waals surface area contributed by atoms with Gasteiger partial charge in [-0.1, -0.05) is 17.7 Å². The largest absolute Gasteiger partial charge is 0.478 e. The van der Waals surface area contributed by atoms with Crippen LogP contribution in [0.1, 0.15) is 26.4 Å². The standard InChI is InChI=1S/C14H11ClN2O3/c1-8-7-9(14(19)20)5-6-10(8)17-13(18)11-3-2-4-12(15)16-11/h2-7H,1H3,(H,17,18)(H,19,20). The van der Waals surface area contributed by atoms with E-state index in [1.165, 1.54) is 12.1 Å². The van der Waals surface area contributed by atoms with Crippen LogP contribution in [0.2, 0.25) is 5.15 Å². The van der Waals surface area contributed by atoms with Crippen LogP contribution in [0, 0.1) is 6.92 Å². The molecule has 102 valence electrons. The fraction of sp³-hybridized carbons (Fsp3) is 0.0714. The van der Waals surface area contributed by atoms with E-state index in [-0.39, 0.29) is 16.4 Å². The molecule has 0 saturated carbocycles. The average molecular weight is 291 g/mol. The Hall–Kier alpha value is -2.40. The van der Waals surface area contributed by atoms with Crippen LogP contribution in [0.5, 0.6) is 0 Å². The Balaban J connectivity index is 2.22. The molecular weight excluding hydrogens is 280 g/mol. The number of aryl methyl sites for hydroxylation is 1. The van der Waals surface area contributed by atoms with Crippen LogP contribution in [-0.4, -0.2) is 22.0 Å². The minimum absolute atomic E-state index is 0.168. The molecule has 0 saturated heterocycles. The van der Waals surface area contributed by atoms with Gasteiger partial charge < -0.3 is 10.4 Å². The second-order valence-corrected chi connectivity index (χ2v) is 4.52. The second kappa shape index (κ2) is 5.71. The number of rotatable bonds is 3. The van der Waals surface area contributed by atoms with Crippen LogP contribution in [0.25, 0.3) is 0 Å². The minimum Gasteiger partial charge on any atom is -0.478 e. The summed E-state index contributed by atoms with van der Waals surface area (Å²) in [5.74, 6) is -1.42. The van der Waals surface area contributed by atoms with Gasteiger partial charge in [-0.25, -0.2) is 9.78 Å². The topological polar surface area (TPSA) is 79.3 Å². The lowest BCUT2D eigenvalue weighted by molar-refractivity contribution is 0.0696. The summed E-state index contributed by atoms with van der Waals surface area (Å²) in [6, 6.07) is 9.21. The molecule has 20 heavy (non-hydrogen) atoms. The summed E-state index contributed by atoms with van der Waals surface area (Å²) in [5, 5.41) is 11.8. The summed E-state index contributed by atoms with van der Waals surface area (Å²) in [7, 11) is 0. The number of nitrogens with zero attached hydrogens (tertiary/aromatic N) is 1. The number of benzene rings is 1. The van der Waals surface area contributed by atoms with E-state index in [9.17, 15) is 9.59 Å². The molecule has 0 bridgehead atoms. The maximum Gasteiger partial charge on any atom is 0.335 e. The third-order valence-electron chi connectivity index (χ3n) is 2.67. The lowest BCUT2D eigenvalue weighted by Crippen LogP contribution is -2.14. The highest BCUT2D eigenvalue weighted by molar-refractivity contribution is 6.29. The highest BCUT2D eigenvalue weighted by atomic mass is 35.5. The van der Waals surface area contributed by atoms with Gasteiger partial charge in [0.05, 0.1) is 5.56 Å². The molecule has 0 aliphatic carbocycles. The van der Waals surface area contributed by atoms with Crippen LogP contribution < -0.4 is 5.32 Å². The zero-order valence-electron chi connectivity index (χ0n) is 10.6. The molecule has 6 heteroatoms. The highest BCUT2D eigenvalue weighted by Crippen LogP contribution is 2.17. The lowest BCUT2D eigenvalue weighted by Gasteiger charge is -2.08. The van der Waals surface area contributed by atoms with Crippen LogP contribution in [0.3, 0.4) is 0 Å². The van der Waals surface area contributed by atoms with E-state index in [1.807, 2.05) is 0 Å². The first-order valence-electron chi connectivity index (χ1n) is 5.75. The fourth-order valence-electron chi connectivity index (χ4n) is 1.66. The first-order valence-corrected chi connectivity index (χ1v) is 6.13. The number of amides is 1. The van der Waals surface area contributed by atoms with Crippen LogP contribution >= 0.6 is 11.6 Å². The van der Waals surface area contributed by atoms with Gasteiger partial charge in [-0.3, -0.25) is 4.79 Å². The summed E-state index contributed by atoms with van der Waals surface area (Å²) in [4.78, 5) is 26.7. The fourth-order valence-corrected chi connectivity index (χ4v) is 1.82.